The van der Waals surface area contributed by atoms with Crippen LogP contribution in [0.15, 0.2) is 97.1 Å². The van der Waals surface area contributed by atoms with Gasteiger partial charge in [0.15, 0.2) is 0 Å². The normalized spacial score (nSPS) is 11.5. The lowest BCUT2D eigenvalue weighted by Crippen LogP contribution is -2.31. The Bertz CT molecular complexity index is 2460. The number of nitrogens with zero attached hydrogens (tertiary/aromatic N) is 1. The van der Waals surface area contributed by atoms with Gasteiger partial charge in [0.05, 0.1) is 25.7 Å². The zero-order chi connectivity index (χ0) is 61.9. The van der Waals surface area contributed by atoms with Gasteiger partial charge in [-0.15, -0.1) is 0 Å². The van der Waals surface area contributed by atoms with Gasteiger partial charge in [0, 0.05) is 92.8 Å². The second kappa shape index (κ2) is 44.5. The van der Waals surface area contributed by atoms with Crippen molar-refractivity contribution in [1.82, 2.24) is 20.9 Å². The first-order valence-corrected chi connectivity index (χ1v) is 34.9. The number of unbranched alkanes of at least 4 members (excludes halogenated alkanes) is 2. The van der Waals surface area contributed by atoms with E-state index in [1.165, 1.54) is 0 Å². The number of nitrogens with one attached hydrogen (secondary N) is 3. The summed E-state index contributed by atoms with van der Waals surface area (Å²) in [7, 11) is 9.14. The summed E-state index contributed by atoms with van der Waals surface area (Å²) >= 11 is 0. The largest absolute Gasteiger partial charge is 0.490 e. The lowest BCUT2D eigenvalue weighted by Gasteiger charge is -2.26. The molecule has 18 nitrogen and oxygen atoms in total. The molecule has 0 aliphatic rings. The van der Waals surface area contributed by atoms with Crippen molar-refractivity contribution in [2.45, 2.75) is 83.5 Å². The van der Waals surface area contributed by atoms with Crippen LogP contribution in [0.25, 0.3) is 0 Å². The minimum atomic E-state index is -0.357. The van der Waals surface area contributed by atoms with Crippen molar-refractivity contribution in [3.63, 3.8) is 0 Å². The van der Waals surface area contributed by atoms with Crippen LogP contribution in [0, 0.1) is 0 Å². The Kier molecular flexibility index (Phi) is 38.1. The molecule has 0 aliphatic carbocycles. The lowest BCUT2D eigenvalue weighted by molar-refractivity contribution is -0.146. The van der Waals surface area contributed by atoms with Crippen LogP contribution in [0.5, 0.6) is 23.0 Å². The number of benzene rings is 4. The molecule has 4 aromatic carbocycles. The Labute approximate surface area is 527 Å². The molecule has 0 saturated carbocycles. The summed E-state index contributed by atoms with van der Waals surface area (Å²) < 4.78 is 45.2. The number of ether oxygens (including phenoxy) is 8. The summed E-state index contributed by atoms with van der Waals surface area (Å²) in [4.78, 5) is 51.8. The summed E-state index contributed by atoms with van der Waals surface area (Å²) in [5.74, 6) is 5.44. The van der Waals surface area contributed by atoms with Crippen molar-refractivity contribution < 1.29 is 62.2 Å². The fourth-order valence-electron chi connectivity index (χ4n) is 8.50. The molecular formula is C64H95N5O13S4. The van der Waals surface area contributed by atoms with Gasteiger partial charge in [-0.1, -0.05) is 119 Å². The smallest absolute Gasteiger partial charge is 0.307 e. The maximum Gasteiger partial charge on any atom is 0.307 e. The number of nitrogens with two attached hydrogens (primary N) is 1. The van der Waals surface area contributed by atoms with E-state index < -0.39 is 0 Å². The molecule has 0 bridgehead atoms. The second-order valence-corrected chi connectivity index (χ2v) is 26.3. The molecule has 0 radical (unpaired) electrons. The van der Waals surface area contributed by atoms with E-state index >= 15 is 0 Å². The number of hydrogen-bond acceptors (Lipinski definition) is 22. The standard InChI is InChI=1S/C64H95N5O13S4/c1-63(2,51-9-17-55(18-10-51)75-39-43-79-59(71)25-30-67-33-49-85-83-47-29-65)53-13-21-57(22-14-53)77-41-45-81-61(73)27-36-69(35-7-6-8-38-70)37-28-62(74)82-46-42-78-58-23-15-54(16-24-58)64(3,4)52-11-19-56(20-12-52)76-40-44-80-60(72)26-31-68-34-50-86-84-48-32-66-5/h9-24,66-68,70H,6-8,25-50,65H2,1-5H3. The van der Waals surface area contributed by atoms with Crippen LogP contribution >= 0.6 is 43.2 Å². The van der Waals surface area contributed by atoms with Gasteiger partial charge >= 0.3 is 23.9 Å². The maximum absolute atomic E-state index is 12.8. The van der Waals surface area contributed by atoms with Crippen LogP contribution in [0.4, 0.5) is 0 Å². The number of esters is 4. The van der Waals surface area contributed by atoms with Gasteiger partial charge in [-0.2, -0.15) is 0 Å². The average molecular weight is 1270 g/mol. The van der Waals surface area contributed by atoms with Crippen molar-refractivity contribution in [3.8, 4) is 23.0 Å². The first kappa shape index (κ1) is 73.6. The van der Waals surface area contributed by atoms with Crippen molar-refractivity contribution in [2.24, 2.45) is 5.73 Å². The lowest BCUT2D eigenvalue weighted by atomic mass is 9.78. The average Bonchev–Trinajstić information content (AvgIpc) is 3.70. The van der Waals surface area contributed by atoms with E-state index in [0.717, 1.165) is 77.7 Å². The molecule has 6 N–H and O–H groups in total. The van der Waals surface area contributed by atoms with Gasteiger partial charge in [0.25, 0.3) is 0 Å². The van der Waals surface area contributed by atoms with Gasteiger partial charge < -0.3 is 69.6 Å². The number of carbonyl (C=O) groups excluding carboxylic acids is 4. The third kappa shape index (κ3) is 31.3. The quantitative estimate of drug-likeness (QED) is 0.0120. The van der Waals surface area contributed by atoms with Gasteiger partial charge in [-0.3, -0.25) is 19.2 Å². The van der Waals surface area contributed by atoms with Crippen molar-refractivity contribution in [1.29, 1.82) is 0 Å². The zero-order valence-corrected chi connectivity index (χ0v) is 54.5. The molecule has 0 aliphatic heterocycles. The predicted molar refractivity (Wildman–Crippen MR) is 350 cm³/mol. The summed E-state index contributed by atoms with van der Waals surface area (Å²) in [5, 5.41) is 18.9. The molecule has 4 rings (SSSR count). The number of aliphatic hydroxyl groups excluding tert-OH is 1. The minimum Gasteiger partial charge on any atom is -0.490 e. The highest BCUT2D eigenvalue weighted by molar-refractivity contribution is 8.77. The van der Waals surface area contributed by atoms with E-state index in [1.54, 1.807) is 21.6 Å². The van der Waals surface area contributed by atoms with Gasteiger partial charge in [-0.25, -0.2) is 0 Å². The maximum atomic E-state index is 12.8. The monoisotopic (exact) mass is 1270 g/mol. The molecule has 86 heavy (non-hydrogen) atoms. The third-order valence-corrected chi connectivity index (χ3v) is 18.5. The Balaban J connectivity index is 1.07. The molecule has 478 valence electrons. The molecule has 4 aromatic rings. The van der Waals surface area contributed by atoms with Crippen LogP contribution in [0.2, 0.25) is 0 Å². The van der Waals surface area contributed by atoms with Crippen LogP contribution in [-0.2, 0) is 49.0 Å². The Morgan fingerprint density at radius 1 is 0.430 bits per heavy atom. The van der Waals surface area contributed by atoms with Crippen LogP contribution in [0.3, 0.4) is 0 Å². The Morgan fingerprint density at radius 2 is 0.756 bits per heavy atom. The van der Waals surface area contributed by atoms with E-state index in [1.807, 2.05) is 126 Å². The molecule has 0 amide bonds. The van der Waals surface area contributed by atoms with E-state index in [4.69, 9.17) is 43.6 Å². The van der Waals surface area contributed by atoms with E-state index in [9.17, 15) is 24.3 Å². The fourth-order valence-corrected chi connectivity index (χ4v) is 12.3. The Morgan fingerprint density at radius 3 is 1.08 bits per heavy atom. The van der Waals surface area contributed by atoms with Crippen LogP contribution in [0.1, 0.15) is 94.9 Å². The highest BCUT2D eigenvalue weighted by Crippen LogP contribution is 2.35. The first-order valence-electron chi connectivity index (χ1n) is 29.9. The molecule has 0 fully saturated rings. The van der Waals surface area contributed by atoms with E-state index in [0.29, 0.717) is 81.5 Å². The molecular weight excluding hydrogens is 1170 g/mol. The summed E-state index contributed by atoms with van der Waals surface area (Å²) in [6, 6.07) is 31.6. The number of aliphatic hydroxyl groups is 1. The number of hydrogen-bond donors (Lipinski definition) is 5. The molecule has 0 heterocycles. The topological polar surface area (TPSA) is 228 Å². The van der Waals surface area contributed by atoms with Crippen LogP contribution < -0.4 is 40.6 Å². The highest BCUT2D eigenvalue weighted by Gasteiger charge is 2.25. The molecule has 0 unspecified atom stereocenters. The van der Waals surface area contributed by atoms with Gasteiger partial charge in [0.1, 0.15) is 75.9 Å². The van der Waals surface area contributed by atoms with Crippen LogP contribution in [-0.4, -0.2) is 182 Å². The molecule has 0 spiro atoms. The predicted octanol–water partition coefficient (Wildman–Crippen LogP) is 8.87. The summed E-state index contributed by atoms with van der Waals surface area (Å²) in [6.07, 6.45) is 3.26. The van der Waals surface area contributed by atoms with E-state index in [-0.39, 0.29) is 107 Å². The molecule has 22 heteroatoms. The third-order valence-electron chi connectivity index (χ3n) is 13.7. The van der Waals surface area contributed by atoms with E-state index in [2.05, 4.69) is 48.5 Å². The molecule has 0 aromatic heterocycles. The first-order chi connectivity index (χ1) is 41.7. The van der Waals surface area contributed by atoms with Crippen molar-refractivity contribution >= 4 is 67.1 Å². The van der Waals surface area contributed by atoms with Gasteiger partial charge in [0.2, 0.25) is 0 Å². The second-order valence-electron chi connectivity index (χ2n) is 20.9. The fraction of sp³-hybridized carbons (Fsp3) is 0.562. The molecule has 0 atom stereocenters. The highest BCUT2D eigenvalue weighted by atomic mass is 33.1. The van der Waals surface area contributed by atoms with Gasteiger partial charge in [-0.05, 0) is 104 Å². The van der Waals surface area contributed by atoms with Crippen molar-refractivity contribution in [2.75, 3.05) is 148 Å². The molecule has 0 saturated heterocycles. The minimum absolute atomic E-state index is 0.0915. The van der Waals surface area contributed by atoms with Crippen molar-refractivity contribution in [3.05, 3.63) is 119 Å². The zero-order valence-electron chi connectivity index (χ0n) is 51.2. The summed E-state index contributed by atoms with van der Waals surface area (Å²) in [6.45, 7) is 16.2. The summed E-state index contributed by atoms with van der Waals surface area (Å²) in [5.41, 5.74) is 9.27. The SMILES string of the molecule is CNCCSSCCNCCC(=O)OCCOc1ccc(C(C)(C)c2ccc(OCCOC(=O)CCN(CCCCCO)CCC(=O)OCCOc3ccc(C(C)(C)c4ccc(OCCOC(=O)CCNCCSSCCN)cc4)cc3)cc2)cc1. The number of rotatable bonds is 50. The Hall–Kier alpha value is -4.88. The number of carbonyl (C=O) groups is 4.